The fourth-order valence-electron chi connectivity index (χ4n) is 4.33. The molecule has 1 aliphatic carbocycles. The van der Waals surface area contributed by atoms with Crippen molar-refractivity contribution < 1.29 is 14.5 Å². The van der Waals surface area contributed by atoms with E-state index in [1.807, 2.05) is 35.2 Å². The largest absolute Gasteiger partial charge is 0.468 e. The molecule has 2 aliphatic rings. The number of hydrogen-bond acceptors (Lipinski definition) is 5. The van der Waals surface area contributed by atoms with Gasteiger partial charge >= 0.3 is 5.97 Å². The molecule has 1 saturated heterocycles. The zero-order valence-corrected chi connectivity index (χ0v) is 13.5. The van der Waals surface area contributed by atoms with Gasteiger partial charge in [-0.25, -0.2) is 0 Å². The summed E-state index contributed by atoms with van der Waals surface area (Å²) in [4.78, 5) is 25.4. The zero-order valence-electron chi connectivity index (χ0n) is 13.5. The maximum atomic E-state index is 12.1. The second kappa shape index (κ2) is 5.92. The summed E-state index contributed by atoms with van der Waals surface area (Å²) in [6.07, 6.45) is 2.07. The Morgan fingerprint density at radius 2 is 2.09 bits per heavy atom. The van der Waals surface area contributed by atoms with E-state index in [-0.39, 0.29) is 28.4 Å². The second-order valence-electron chi connectivity index (χ2n) is 6.70. The molecule has 1 saturated carbocycles. The van der Waals surface area contributed by atoms with E-state index >= 15 is 0 Å². The molecule has 4 unspecified atom stereocenters. The van der Waals surface area contributed by atoms with Crippen molar-refractivity contribution in [3.05, 3.63) is 46.0 Å². The molecule has 6 heteroatoms. The van der Waals surface area contributed by atoms with E-state index in [0.717, 1.165) is 12.0 Å². The maximum Gasteiger partial charge on any atom is 0.323 e. The van der Waals surface area contributed by atoms with Gasteiger partial charge in [0.1, 0.15) is 6.04 Å². The third-order valence-electron chi connectivity index (χ3n) is 5.48. The molecule has 6 nitrogen and oxygen atoms in total. The average molecular weight is 318 g/mol. The fraction of sp³-hybridized carbons (Fsp3) is 0.588. The van der Waals surface area contributed by atoms with Crippen molar-refractivity contribution in [2.24, 2.45) is 0 Å². The highest BCUT2D eigenvalue weighted by molar-refractivity contribution is 5.76. The molecule has 1 aromatic carbocycles. The van der Waals surface area contributed by atoms with Gasteiger partial charge in [-0.15, -0.1) is 0 Å². The summed E-state index contributed by atoms with van der Waals surface area (Å²) in [5.74, 6) is -0.285. The lowest BCUT2D eigenvalue weighted by molar-refractivity contribution is -0.552. The Morgan fingerprint density at radius 1 is 1.39 bits per heavy atom. The Labute approximate surface area is 135 Å². The van der Waals surface area contributed by atoms with Crippen LogP contribution in [0.1, 0.15) is 31.7 Å². The van der Waals surface area contributed by atoms with Crippen molar-refractivity contribution in [3.63, 3.8) is 0 Å². The number of ether oxygens (including phenoxy) is 1. The van der Waals surface area contributed by atoms with Gasteiger partial charge in [0.2, 0.25) is 6.04 Å². The van der Waals surface area contributed by atoms with Crippen LogP contribution in [0.4, 0.5) is 0 Å². The highest BCUT2D eigenvalue weighted by Crippen LogP contribution is 2.49. The van der Waals surface area contributed by atoms with Crippen molar-refractivity contribution >= 4 is 5.97 Å². The van der Waals surface area contributed by atoms with E-state index in [9.17, 15) is 14.9 Å². The molecule has 0 radical (unpaired) electrons. The summed E-state index contributed by atoms with van der Waals surface area (Å²) in [6, 6.07) is 8.63. The molecule has 124 valence electrons. The van der Waals surface area contributed by atoms with Crippen LogP contribution in [0.2, 0.25) is 0 Å². The summed E-state index contributed by atoms with van der Waals surface area (Å²) >= 11 is 0. The van der Waals surface area contributed by atoms with Gasteiger partial charge in [0.05, 0.1) is 13.2 Å². The number of benzene rings is 1. The van der Waals surface area contributed by atoms with Crippen LogP contribution >= 0.6 is 0 Å². The number of methoxy groups -OCH3 is 1. The molecule has 1 aromatic rings. The van der Waals surface area contributed by atoms with Crippen molar-refractivity contribution in [3.8, 4) is 0 Å². The van der Waals surface area contributed by atoms with Crippen molar-refractivity contribution in [2.45, 2.75) is 49.7 Å². The number of carbonyl (C=O) groups excluding carboxylic acids is 1. The van der Waals surface area contributed by atoms with Crippen LogP contribution in [0.5, 0.6) is 0 Å². The van der Waals surface area contributed by atoms with E-state index < -0.39 is 6.04 Å². The smallest absolute Gasteiger partial charge is 0.323 e. The first-order valence-electron chi connectivity index (χ1n) is 8.01. The minimum Gasteiger partial charge on any atom is -0.468 e. The molecule has 0 spiro atoms. The Balaban J connectivity index is 1.94. The Kier molecular flexibility index (Phi) is 4.10. The van der Waals surface area contributed by atoms with Gasteiger partial charge in [-0.3, -0.25) is 19.8 Å². The topological polar surface area (TPSA) is 72.7 Å². The van der Waals surface area contributed by atoms with E-state index in [1.54, 1.807) is 0 Å². The van der Waals surface area contributed by atoms with Gasteiger partial charge in [-0.1, -0.05) is 37.3 Å². The van der Waals surface area contributed by atoms with Crippen LogP contribution < -0.4 is 0 Å². The molecule has 4 atom stereocenters. The van der Waals surface area contributed by atoms with Crippen LogP contribution in [0.25, 0.3) is 0 Å². The molecule has 0 bridgehead atoms. The number of carbonyl (C=O) groups is 1. The maximum absolute atomic E-state index is 12.1. The van der Waals surface area contributed by atoms with Crippen molar-refractivity contribution in [1.29, 1.82) is 0 Å². The first-order chi connectivity index (χ1) is 11.0. The summed E-state index contributed by atoms with van der Waals surface area (Å²) in [5.41, 5.74) is 0.786. The lowest BCUT2D eigenvalue weighted by Gasteiger charge is -2.53. The summed E-state index contributed by atoms with van der Waals surface area (Å²) in [5, 5.41) is 11.5. The minimum atomic E-state index is -0.634. The SMILES string of the molecule is COC(=O)C1CCCN1C1C([N+](=O)[O-])CC1(C)c1ccccc1. The number of rotatable bonds is 4. The quantitative estimate of drug-likeness (QED) is 0.482. The summed E-state index contributed by atoms with van der Waals surface area (Å²) in [6.45, 7) is 2.77. The van der Waals surface area contributed by atoms with E-state index in [4.69, 9.17) is 4.74 Å². The Hall–Kier alpha value is -1.95. The summed E-state index contributed by atoms with van der Waals surface area (Å²) in [7, 11) is 1.38. The number of hydrogen-bond donors (Lipinski definition) is 0. The monoisotopic (exact) mass is 318 g/mol. The first kappa shape index (κ1) is 15.9. The lowest BCUT2D eigenvalue weighted by atomic mass is 9.58. The predicted molar refractivity (Wildman–Crippen MR) is 84.7 cm³/mol. The average Bonchev–Trinajstić information content (AvgIpc) is 3.00. The molecule has 0 N–H and O–H groups in total. The van der Waals surface area contributed by atoms with Crippen LogP contribution in [0.15, 0.2) is 30.3 Å². The molecule has 23 heavy (non-hydrogen) atoms. The molecular weight excluding hydrogens is 296 g/mol. The number of likely N-dealkylation sites (tertiary alicyclic amines) is 1. The van der Waals surface area contributed by atoms with Gasteiger partial charge < -0.3 is 4.74 Å². The Bertz CT molecular complexity index is 606. The zero-order chi connectivity index (χ0) is 16.6. The molecule has 3 rings (SSSR count). The second-order valence-corrected chi connectivity index (χ2v) is 6.70. The number of esters is 1. The molecule has 0 amide bonds. The van der Waals surface area contributed by atoms with Gasteiger partial charge in [-0.2, -0.15) is 0 Å². The normalized spacial score (nSPS) is 33.9. The number of nitrogens with zero attached hydrogens (tertiary/aromatic N) is 2. The predicted octanol–water partition coefficient (Wildman–Crippen LogP) is 2.00. The minimum absolute atomic E-state index is 0.192. The fourth-order valence-corrected chi connectivity index (χ4v) is 4.33. The van der Waals surface area contributed by atoms with Crippen LogP contribution in [-0.4, -0.2) is 47.6 Å². The van der Waals surface area contributed by atoms with Crippen LogP contribution in [0.3, 0.4) is 0 Å². The molecule has 1 aliphatic heterocycles. The molecular formula is C17H22N2O4. The highest BCUT2D eigenvalue weighted by atomic mass is 16.6. The highest BCUT2D eigenvalue weighted by Gasteiger charge is 2.62. The van der Waals surface area contributed by atoms with E-state index in [0.29, 0.717) is 19.4 Å². The molecule has 1 heterocycles. The van der Waals surface area contributed by atoms with E-state index in [2.05, 4.69) is 6.92 Å². The van der Waals surface area contributed by atoms with Crippen molar-refractivity contribution in [1.82, 2.24) is 4.90 Å². The van der Waals surface area contributed by atoms with Gasteiger partial charge in [0.25, 0.3) is 0 Å². The third kappa shape index (κ3) is 2.51. The van der Waals surface area contributed by atoms with Gasteiger partial charge in [0.15, 0.2) is 0 Å². The molecule has 2 fully saturated rings. The first-order valence-corrected chi connectivity index (χ1v) is 8.01. The lowest BCUT2D eigenvalue weighted by Crippen LogP contribution is -2.69. The Morgan fingerprint density at radius 3 is 2.70 bits per heavy atom. The summed E-state index contributed by atoms with van der Waals surface area (Å²) < 4.78 is 4.90. The van der Waals surface area contributed by atoms with Crippen molar-refractivity contribution in [2.75, 3.05) is 13.7 Å². The third-order valence-corrected chi connectivity index (χ3v) is 5.48. The van der Waals surface area contributed by atoms with Gasteiger partial charge in [0, 0.05) is 16.8 Å². The van der Waals surface area contributed by atoms with Gasteiger partial charge in [-0.05, 0) is 24.9 Å². The number of nitro groups is 1. The van der Waals surface area contributed by atoms with E-state index in [1.165, 1.54) is 7.11 Å². The van der Waals surface area contributed by atoms with Crippen LogP contribution in [0, 0.1) is 10.1 Å². The molecule has 0 aromatic heterocycles. The van der Waals surface area contributed by atoms with Crippen LogP contribution in [-0.2, 0) is 14.9 Å². The standard InChI is InChI=1S/C17H22N2O4/c1-17(12-7-4-3-5-8-12)11-14(19(21)22)15(17)18-10-6-9-13(18)16(20)23-2/h3-5,7-8,13-15H,6,9-11H2,1-2H3.